The Morgan fingerprint density at radius 2 is 1.50 bits per heavy atom. The molecule has 0 unspecified atom stereocenters. The molecule has 3 rings (SSSR count). The van der Waals surface area contributed by atoms with Gasteiger partial charge in [-0.2, -0.15) is 0 Å². The third kappa shape index (κ3) is 3.67. The Morgan fingerprint density at radius 1 is 0.818 bits per heavy atom. The van der Waals surface area contributed by atoms with Crippen molar-refractivity contribution in [1.82, 2.24) is 9.97 Å². The van der Waals surface area contributed by atoms with E-state index in [1.807, 2.05) is 18.2 Å². The van der Waals surface area contributed by atoms with E-state index in [-0.39, 0.29) is 5.82 Å². The molecular weight excluding hydrogens is 277 g/mol. The first kappa shape index (κ1) is 14.2. The summed E-state index contributed by atoms with van der Waals surface area (Å²) in [6.45, 7) is 0.778. The van der Waals surface area contributed by atoms with E-state index in [4.69, 9.17) is 0 Å². The largest absolute Gasteiger partial charge is 0.354 e. The van der Waals surface area contributed by atoms with Crippen molar-refractivity contribution in [2.75, 3.05) is 11.9 Å². The summed E-state index contributed by atoms with van der Waals surface area (Å²) in [5.74, 6) is 0.352. The van der Waals surface area contributed by atoms with E-state index in [9.17, 15) is 4.39 Å². The van der Waals surface area contributed by atoms with Gasteiger partial charge < -0.3 is 5.32 Å². The topological polar surface area (TPSA) is 37.8 Å². The monoisotopic (exact) mass is 293 g/mol. The molecule has 2 aromatic carbocycles. The van der Waals surface area contributed by atoms with Gasteiger partial charge in [0.25, 0.3) is 0 Å². The standard InChI is InChI=1S/C18H16FN3/c19-17-8-6-15(7-9-17)16-12-21-18(22-13-16)20-11-10-14-4-2-1-3-5-14/h1-9,12-13H,10-11H2,(H,20,21,22). The summed E-state index contributed by atoms with van der Waals surface area (Å²) < 4.78 is 12.9. The second-order valence-corrected chi connectivity index (χ2v) is 4.96. The summed E-state index contributed by atoms with van der Waals surface area (Å²) in [7, 11) is 0. The first-order valence-electron chi connectivity index (χ1n) is 7.17. The maximum atomic E-state index is 12.9. The van der Waals surface area contributed by atoms with Crippen molar-refractivity contribution in [3.05, 3.63) is 78.4 Å². The number of nitrogens with zero attached hydrogens (tertiary/aromatic N) is 2. The van der Waals surface area contributed by atoms with Gasteiger partial charge in [0.2, 0.25) is 5.95 Å². The Kier molecular flexibility index (Phi) is 4.39. The van der Waals surface area contributed by atoms with Gasteiger partial charge in [-0.25, -0.2) is 14.4 Å². The van der Waals surface area contributed by atoms with Crippen LogP contribution in [0.4, 0.5) is 10.3 Å². The fraction of sp³-hybridized carbons (Fsp3) is 0.111. The summed E-state index contributed by atoms with van der Waals surface area (Å²) in [6.07, 6.45) is 4.40. The van der Waals surface area contributed by atoms with Crippen molar-refractivity contribution in [1.29, 1.82) is 0 Å². The summed E-state index contributed by atoms with van der Waals surface area (Å²) in [6, 6.07) is 16.6. The van der Waals surface area contributed by atoms with Gasteiger partial charge in [0.15, 0.2) is 0 Å². The van der Waals surface area contributed by atoms with Gasteiger partial charge in [0.05, 0.1) is 0 Å². The molecule has 0 saturated carbocycles. The van der Waals surface area contributed by atoms with Crippen LogP contribution in [-0.4, -0.2) is 16.5 Å². The van der Waals surface area contributed by atoms with E-state index in [2.05, 4.69) is 27.4 Å². The van der Waals surface area contributed by atoms with Crippen LogP contribution < -0.4 is 5.32 Å². The molecule has 0 aliphatic rings. The van der Waals surface area contributed by atoms with Gasteiger partial charge in [0.1, 0.15) is 5.82 Å². The molecule has 1 N–H and O–H groups in total. The van der Waals surface area contributed by atoms with Gasteiger partial charge in [-0.1, -0.05) is 42.5 Å². The normalized spacial score (nSPS) is 10.4. The van der Waals surface area contributed by atoms with Gasteiger partial charge >= 0.3 is 0 Å². The third-order valence-corrected chi connectivity index (χ3v) is 3.37. The maximum Gasteiger partial charge on any atom is 0.222 e. The molecule has 3 nitrogen and oxygen atoms in total. The minimum Gasteiger partial charge on any atom is -0.354 e. The van der Waals surface area contributed by atoms with E-state index in [0.717, 1.165) is 24.1 Å². The molecule has 0 amide bonds. The highest BCUT2D eigenvalue weighted by molar-refractivity contribution is 5.61. The van der Waals surface area contributed by atoms with Crippen LogP contribution >= 0.6 is 0 Å². The first-order chi connectivity index (χ1) is 10.8. The van der Waals surface area contributed by atoms with Gasteiger partial charge in [-0.3, -0.25) is 0 Å². The molecule has 1 aromatic heterocycles. The molecule has 0 aliphatic carbocycles. The molecule has 0 spiro atoms. The van der Waals surface area contributed by atoms with Crippen LogP contribution in [0.5, 0.6) is 0 Å². The maximum absolute atomic E-state index is 12.9. The number of hydrogen-bond donors (Lipinski definition) is 1. The molecular formula is C18H16FN3. The van der Waals surface area contributed by atoms with E-state index in [1.54, 1.807) is 24.5 Å². The molecule has 110 valence electrons. The molecule has 22 heavy (non-hydrogen) atoms. The van der Waals surface area contributed by atoms with E-state index >= 15 is 0 Å². The average molecular weight is 293 g/mol. The van der Waals surface area contributed by atoms with Crippen LogP contribution in [0.25, 0.3) is 11.1 Å². The molecule has 0 aliphatic heterocycles. The van der Waals surface area contributed by atoms with E-state index in [1.165, 1.54) is 17.7 Å². The Hall–Kier alpha value is -2.75. The van der Waals surface area contributed by atoms with Crippen molar-refractivity contribution < 1.29 is 4.39 Å². The quantitative estimate of drug-likeness (QED) is 0.774. The zero-order valence-electron chi connectivity index (χ0n) is 12.0. The Morgan fingerprint density at radius 3 is 2.18 bits per heavy atom. The Labute approximate surface area is 128 Å². The highest BCUT2D eigenvalue weighted by Gasteiger charge is 2.01. The zero-order valence-corrected chi connectivity index (χ0v) is 12.0. The molecule has 0 radical (unpaired) electrons. The SMILES string of the molecule is Fc1ccc(-c2cnc(NCCc3ccccc3)nc2)cc1. The second kappa shape index (κ2) is 6.80. The number of aromatic nitrogens is 2. The fourth-order valence-corrected chi connectivity index (χ4v) is 2.17. The summed E-state index contributed by atoms with van der Waals surface area (Å²) in [5.41, 5.74) is 3.05. The van der Waals surface area contributed by atoms with Crippen LogP contribution in [0.3, 0.4) is 0 Å². The van der Waals surface area contributed by atoms with E-state index < -0.39 is 0 Å². The highest BCUT2D eigenvalue weighted by Crippen LogP contribution is 2.18. The molecule has 0 fully saturated rings. The van der Waals surface area contributed by atoms with Crippen LogP contribution in [0, 0.1) is 5.82 Å². The highest BCUT2D eigenvalue weighted by atomic mass is 19.1. The minimum atomic E-state index is -0.246. The third-order valence-electron chi connectivity index (χ3n) is 3.37. The number of nitrogens with one attached hydrogen (secondary N) is 1. The van der Waals surface area contributed by atoms with Crippen molar-refractivity contribution in [3.63, 3.8) is 0 Å². The molecule has 0 atom stereocenters. The molecule has 0 bridgehead atoms. The van der Waals surface area contributed by atoms with Crippen LogP contribution in [0.2, 0.25) is 0 Å². The number of hydrogen-bond acceptors (Lipinski definition) is 3. The second-order valence-electron chi connectivity index (χ2n) is 4.96. The molecule has 4 heteroatoms. The predicted octanol–water partition coefficient (Wildman–Crippen LogP) is 3.94. The van der Waals surface area contributed by atoms with Crippen LogP contribution in [-0.2, 0) is 6.42 Å². The lowest BCUT2D eigenvalue weighted by Crippen LogP contribution is -2.07. The van der Waals surface area contributed by atoms with Gasteiger partial charge in [-0.15, -0.1) is 0 Å². The lowest BCUT2D eigenvalue weighted by atomic mass is 10.1. The Bertz CT molecular complexity index is 710. The average Bonchev–Trinajstić information content (AvgIpc) is 2.57. The number of anilines is 1. The van der Waals surface area contributed by atoms with Crippen molar-refractivity contribution in [2.45, 2.75) is 6.42 Å². The predicted molar refractivity (Wildman–Crippen MR) is 86.1 cm³/mol. The summed E-state index contributed by atoms with van der Waals surface area (Å²) in [4.78, 5) is 8.59. The first-order valence-corrected chi connectivity index (χ1v) is 7.17. The lowest BCUT2D eigenvalue weighted by Gasteiger charge is -2.06. The van der Waals surface area contributed by atoms with Crippen LogP contribution in [0.1, 0.15) is 5.56 Å². The van der Waals surface area contributed by atoms with Crippen molar-refractivity contribution in [3.8, 4) is 11.1 Å². The number of halogens is 1. The Balaban J connectivity index is 1.58. The van der Waals surface area contributed by atoms with Crippen LogP contribution in [0.15, 0.2) is 67.0 Å². The van der Waals surface area contributed by atoms with E-state index in [0.29, 0.717) is 5.95 Å². The van der Waals surface area contributed by atoms with Gasteiger partial charge in [-0.05, 0) is 29.7 Å². The van der Waals surface area contributed by atoms with Crippen molar-refractivity contribution in [2.24, 2.45) is 0 Å². The van der Waals surface area contributed by atoms with Gasteiger partial charge in [0, 0.05) is 24.5 Å². The minimum absolute atomic E-state index is 0.246. The zero-order chi connectivity index (χ0) is 15.2. The molecule has 1 heterocycles. The van der Waals surface area contributed by atoms with Crippen molar-refractivity contribution >= 4 is 5.95 Å². The number of benzene rings is 2. The molecule has 0 saturated heterocycles. The lowest BCUT2D eigenvalue weighted by molar-refractivity contribution is 0.628. The summed E-state index contributed by atoms with van der Waals surface area (Å²) >= 11 is 0. The summed E-state index contributed by atoms with van der Waals surface area (Å²) in [5, 5.41) is 3.20. The number of rotatable bonds is 5. The molecule has 3 aromatic rings. The smallest absolute Gasteiger partial charge is 0.222 e. The fourth-order valence-electron chi connectivity index (χ4n) is 2.17.